The predicted octanol–water partition coefficient (Wildman–Crippen LogP) is 1.23. The van der Waals surface area contributed by atoms with Crippen LogP contribution in [0.25, 0.3) is 16.8 Å². The Kier molecular flexibility index (Phi) is 2.49. The quantitative estimate of drug-likeness (QED) is 0.692. The Hall–Kier alpha value is -1.66. The van der Waals surface area contributed by atoms with Crippen LogP contribution in [-0.4, -0.2) is 30.6 Å². The van der Waals surface area contributed by atoms with E-state index in [2.05, 4.69) is 24.6 Å². The van der Waals surface area contributed by atoms with Crippen molar-refractivity contribution in [3.63, 3.8) is 0 Å². The summed E-state index contributed by atoms with van der Waals surface area (Å²) in [4.78, 5) is 7.40. The standard InChI is InChI=1S/C11H12N6.ClH/c12-7-3-6(4-7)11-16-15-9-5-14-10-8(17(9)11)1-2-13-10;/h1-2,5-7,13H,3-4,12H2;1H. The van der Waals surface area contributed by atoms with Crippen molar-refractivity contribution >= 4 is 29.2 Å². The second-order valence-corrected chi connectivity index (χ2v) is 4.65. The van der Waals surface area contributed by atoms with Gasteiger partial charge in [-0.3, -0.25) is 4.40 Å². The van der Waals surface area contributed by atoms with Crippen LogP contribution in [0.3, 0.4) is 0 Å². The minimum atomic E-state index is 0. The average molecular weight is 265 g/mol. The van der Waals surface area contributed by atoms with Crippen LogP contribution in [0, 0.1) is 0 Å². The highest BCUT2D eigenvalue weighted by atomic mass is 35.5. The summed E-state index contributed by atoms with van der Waals surface area (Å²) in [6.45, 7) is 0. The summed E-state index contributed by atoms with van der Waals surface area (Å²) in [7, 11) is 0. The molecule has 7 heteroatoms. The molecule has 0 saturated heterocycles. The third-order valence-corrected chi connectivity index (χ3v) is 3.51. The number of fused-ring (bicyclic) bond motifs is 3. The van der Waals surface area contributed by atoms with Crippen LogP contribution in [0.2, 0.25) is 0 Å². The maximum atomic E-state index is 5.84. The monoisotopic (exact) mass is 264 g/mol. The predicted molar refractivity (Wildman–Crippen MR) is 69.8 cm³/mol. The van der Waals surface area contributed by atoms with E-state index in [4.69, 9.17) is 5.73 Å². The molecule has 0 amide bonds. The zero-order valence-corrected chi connectivity index (χ0v) is 10.4. The Bertz CT molecular complexity index is 696. The molecule has 0 aromatic carbocycles. The van der Waals surface area contributed by atoms with E-state index in [0.29, 0.717) is 12.0 Å². The van der Waals surface area contributed by atoms with Crippen molar-refractivity contribution in [3.8, 4) is 0 Å². The van der Waals surface area contributed by atoms with Gasteiger partial charge in [0.1, 0.15) is 5.82 Å². The molecule has 1 saturated carbocycles. The summed E-state index contributed by atoms with van der Waals surface area (Å²) in [6.07, 6.45) is 5.62. The van der Waals surface area contributed by atoms with Crippen molar-refractivity contribution in [2.75, 3.05) is 0 Å². The van der Waals surface area contributed by atoms with Gasteiger partial charge in [0, 0.05) is 18.2 Å². The van der Waals surface area contributed by atoms with Crippen molar-refractivity contribution in [1.82, 2.24) is 24.6 Å². The summed E-state index contributed by atoms with van der Waals surface area (Å²) in [5.74, 6) is 1.44. The van der Waals surface area contributed by atoms with E-state index in [1.807, 2.05) is 12.3 Å². The van der Waals surface area contributed by atoms with Crippen molar-refractivity contribution in [3.05, 3.63) is 24.3 Å². The summed E-state index contributed by atoms with van der Waals surface area (Å²) >= 11 is 0. The lowest BCUT2D eigenvalue weighted by atomic mass is 9.80. The first-order valence-electron chi connectivity index (χ1n) is 5.75. The van der Waals surface area contributed by atoms with E-state index in [-0.39, 0.29) is 12.4 Å². The second-order valence-electron chi connectivity index (χ2n) is 4.65. The van der Waals surface area contributed by atoms with Gasteiger partial charge in [0.15, 0.2) is 11.3 Å². The lowest BCUT2D eigenvalue weighted by molar-refractivity contribution is 0.337. The molecule has 1 aliphatic carbocycles. The van der Waals surface area contributed by atoms with Crippen LogP contribution in [0.4, 0.5) is 0 Å². The Morgan fingerprint density at radius 2 is 2.17 bits per heavy atom. The van der Waals surface area contributed by atoms with Gasteiger partial charge in [-0.2, -0.15) is 0 Å². The Balaban J connectivity index is 0.000001000. The third-order valence-electron chi connectivity index (χ3n) is 3.51. The lowest BCUT2D eigenvalue weighted by Gasteiger charge is -2.30. The van der Waals surface area contributed by atoms with Crippen molar-refractivity contribution in [1.29, 1.82) is 0 Å². The first kappa shape index (κ1) is 11.4. The molecule has 3 heterocycles. The van der Waals surface area contributed by atoms with Gasteiger partial charge in [0.05, 0.1) is 11.7 Å². The molecular formula is C11H13ClN6. The SMILES string of the molecule is Cl.NC1CC(c2nnc3cnc4[nH]ccc4n23)C1. The normalized spacial score (nSPS) is 22.9. The fourth-order valence-corrected chi connectivity index (χ4v) is 2.54. The van der Waals surface area contributed by atoms with E-state index < -0.39 is 0 Å². The van der Waals surface area contributed by atoms with Gasteiger partial charge >= 0.3 is 0 Å². The first-order chi connectivity index (χ1) is 8.33. The second kappa shape index (κ2) is 3.93. The lowest BCUT2D eigenvalue weighted by Crippen LogP contribution is -2.35. The number of aromatic amines is 1. The number of nitrogens with two attached hydrogens (primary N) is 1. The fourth-order valence-electron chi connectivity index (χ4n) is 2.54. The molecule has 1 fully saturated rings. The van der Waals surface area contributed by atoms with Crippen LogP contribution in [0.5, 0.6) is 0 Å². The third kappa shape index (κ3) is 1.42. The Morgan fingerprint density at radius 1 is 1.33 bits per heavy atom. The highest BCUT2D eigenvalue weighted by molar-refractivity contribution is 5.85. The molecule has 0 atom stereocenters. The molecule has 18 heavy (non-hydrogen) atoms. The van der Waals surface area contributed by atoms with Gasteiger partial charge in [-0.1, -0.05) is 0 Å². The number of halogens is 1. The molecule has 0 aliphatic heterocycles. The molecule has 3 N–H and O–H groups in total. The number of nitrogens with one attached hydrogen (secondary N) is 1. The molecule has 0 unspecified atom stereocenters. The van der Waals surface area contributed by atoms with Gasteiger partial charge in [-0.05, 0) is 18.9 Å². The van der Waals surface area contributed by atoms with E-state index in [9.17, 15) is 0 Å². The molecular weight excluding hydrogens is 252 g/mol. The maximum absolute atomic E-state index is 5.84. The number of hydrogen-bond acceptors (Lipinski definition) is 4. The highest BCUT2D eigenvalue weighted by Crippen LogP contribution is 2.35. The number of H-pyrrole nitrogens is 1. The minimum absolute atomic E-state index is 0. The summed E-state index contributed by atoms with van der Waals surface area (Å²) in [5, 5.41) is 8.46. The van der Waals surface area contributed by atoms with Gasteiger partial charge in [-0.15, -0.1) is 22.6 Å². The van der Waals surface area contributed by atoms with Gasteiger partial charge in [-0.25, -0.2) is 4.98 Å². The number of hydrogen-bond donors (Lipinski definition) is 2. The van der Waals surface area contributed by atoms with Crippen LogP contribution in [0.1, 0.15) is 24.6 Å². The van der Waals surface area contributed by atoms with Gasteiger partial charge < -0.3 is 10.7 Å². The van der Waals surface area contributed by atoms with Gasteiger partial charge in [0.2, 0.25) is 0 Å². The van der Waals surface area contributed by atoms with Crippen LogP contribution in [0.15, 0.2) is 18.5 Å². The van der Waals surface area contributed by atoms with E-state index in [0.717, 1.165) is 35.5 Å². The molecule has 3 aromatic rings. The summed E-state index contributed by atoms with van der Waals surface area (Å²) in [5.41, 5.74) is 8.53. The van der Waals surface area contributed by atoms with Crippen molar-refractivity contribution in [2.24, 2.45) is 5.73 Å². The molecule has 94 valence electrons. The van der Waals surface area contributed by atoms with E-state index in [1.165, 1.54) is 0 Å². The van der Waals surface area contributed by atoms with Crippen molar-refractivity contribution < 1.29 is 0 Å². The van der Waals surface area contributed by atoms with Crippen LogP contribution < -0.4 is 5.73 Å². The number of nitrogens with zero attached hydrogens (tertiary/aromatic N) is 4. The van der Waals surface area contributed by atoms with Gasteiger partial charge in [0.25, 0.3) is 0 Å². The average Bonchev–Trinajstić information content (AvgIpc) is 2.90. The zero-order valence-electron chi connectivity index (χ0n) is 9.58. The molecule has 6 nitrogen and oxygen atoms in total. The molecule has 0 radical (unpaired) electrons. The highest BCUT2D eigenvalue weighted by Gasteiger charge is 2.31. The Labute approximate surface area is 109 Å². The largest absolute Gasteiger partial charge is 0.345 e. The molecule has 1 aliphatic rings. The number of rotatable bonds is 1. The van der Waals surface area contributed by atoms with E-state index >= 15 is 0 Å². The molecule has 0 bridgehead atoms. The Morgan fingerprint density at radius 3 is 2.94 bits per heavy atom. The molecule has 0 spiro atoms. The smallest absolute Gasteiger partial charge is 0.179 e. The zero-order chi connectivity index (χ0) is 11.4. The first-order valence-corrected chi connectivity index (χ1v) is 5.75. The maximum Gasteiger partial charge on any atom is 0.179 e. The summed E-state index contributed by atoms with van der Waals surface area (Å²) in [6, 6.07) is 2.32. The summed E-state index contributed by atoms with van der Waals surface area (Å²) < 4.78 is 2.08. The molecule has 4 rings (SSSR count). The molecule has 3 aromatic heterocycles. The van der Waals surface area contributed by atoms with Crippen LogP contribution >= 0.6 is 12.4 Å². The topological polar surface area (TPSA) is 84.9 Å². The van der Waals surface area contributed by atoms with Crippen molar-refractivity contribution in [2.45, 2.75) is 24.8 Å². The number of aromatic nitrogens is 5. The van der Waals surface area contributed by atoms with Crippen LogP contribution in [-0.2, 0) is 0 Å². The van der Waals surface area contributed by atoms with E-state index in [1.54, 1.807) is 6.20 Å². The minimum Gasteiger partial charge on any atom is -0.345 e. The fraction of sp³-hybridized carbons (Fsp3) is 0.364.